The van der Waals surface area contributed by atoms with E-state index in [-0.39, 0.29) is 43.6 Å². The van der Waals surface area contributed by atoms with Crippen LogP contribution >= 0.6 is 24.8 Å². The fourth-order valence-electron chi connectivity index (χ4n) is 3.94. The summed E-state index contributed by atoms with van der Waals surface area (Å²) in [6.45, 7) is 11.2. The molecule has 4 N–H and O–H groups in total. The van der Waals surface area contributed by atoms with Gasteiger partial charge in [0.2, 0.25) is 0 Å². The first-order chi connectivity index (χ1) is 14.6. The maximum atomic E-state index is 13.7. The predicted octanol–water partition coefficient (Wildman–Crippen LogP) is 3.89. The van der Waals surface area contributed by atoms with Crippen molar-refractivity contribution < 1.29 is 22.8 Å². The molecule has 0 saturated heterocycles. The van der Waals surface area contributed by atoms with Crippen molar-refractivity contribution >= 4 is 34.8 Å². The van der Waals surface area contributed by atoms with E-state index in [0.717, 1.165) is 52.6 Å². The quantitative estimate of drug-likeness (QED) is 0.311. The Bertz CT molecular complexity index is 866. The van der Waals surface area contributed by atoms with E-state index in [0.29, 0.717) is 36.5 Å². The van der Waals surface area contributed by atoms with E-state index in [9.17, 15) is 8.42 Å². The van der Waals surface area contributed by atoms with Crippen molar-refractivity contribution in [2.45, 2.75) is 83.6 Å². The average Bonchev–Trinajstić information content (AvgIpc) is 2.69. The largest absolute Gasteiger partial charge is 0.487 e. The van der Waals surface area contributed by atoms with Gasteiger partial charge in [0.15, 0.2) is 0 Å². The van der Waals surface area contributed by atoms with Crippen molar-refractivity contribution in [1.82, 2.24) is 4.47 Å². The van der Waals surface area contributed by atoms with Crippen LogP contribution in [0.2, 0.25) is 0 Å². The molecule has 1 aliphatic rings. The first kappa shape index (κ1) is 32.4. The lowest BCUT2D eigenvalue weighted by molar-refractivity contribution is -0.0855. The van der Waals surface area contributed by atoms with Crippen LogP contribution in [0, 0.1) is 20.8 Å². The summed E-state index contributed by atoms with van der Waals surface area (Å²) in [5.74, 6) is 5.89. The summed E-state index contributed by atoms with van der Waals surface area (Å²) in [7, 11) is -3.86. The summed E-state index contributed by atoms with van der Waals surface area (Å²) in [5, 5.41) is 0. The highest BCUT2D eigenvalue weighted by Crippen LogP contribution is 2.42. The number of halogens is 2. The zero-order valence-corrected chi connectivity index (χ0v) is 22.9. The number of fused-ring (bicyclic) bond motifs is 1. The van der Waals surface area contributed by atoms with Gasteiger partial charge in [-0.1, -0.05) is 4.47 Å². The zero-order valence-electron chi connectivity index (χ0n) is 20.4. The van der Waals surface area contributed by atoms with Crippen LogP contribution in [0.5, 0.6) is 5.75 Å². The van der Waals surface area contributed by atoms with E-state index in [4.69, 9.17) is 21.2 Å². The van der Waals surface area contributed by atoms with Gasteiger partial charge in [-0.15, -0.1) is 24.8 Å². The van der Waals surface area contributed by atoms with Crippen LogP contribution in [0.15, 0.2) is 4.90 Å². The Balaban J connectivity index is 0.00000512. The molecule has 0 aromatic heterocycles. The number of sulfonamides is 1. The topological polar surface area (TPSA) is 117 Å². The molecule has 1 aliphatic heterocycles. The molecule has 0 radical (unpaired) electrons. The van der Waals surface area contributed by atoms with E-state index in [1.807, 2.05) is 20.8 Å². The van der Waals surface area contributed by atoms with Gasteiger partial charge in [-0.2, -0.15) is 0 Å². The molecule has 0 saturated carbocycles. The summed E-state index contributed by atoms with van der Waals surface area (Å²) in [5.41, 5.74) is 8.60. The van der Waals surface area contributed by atoms with Crippen LogP contribution in [0.25, 0.3) is 0 Å². The Hall–Kier alpha value is -0.650. The van der Waals surface area contributed by atoms with Gasteiger partial charge in [0.05, 0.1) is 18.1 Å². The van der Waals surface area contributed by atoms with Gasteiger partial charge >= 0.3 is 0 Å². The van der Waals surface area contributed by atoms with Crippen LogP contribution in [0.1, 0.15) is 68.2 Å². The maximum Gasteiger partial charge on any atom is 0.265 e. The van der Waals surface area contributed by atoms with Crippen LogP contribution in [0.4, 0.5) is 0 Å². The Kier molecular flexibility index (Phi) is 13.8. The van der Waals surface area contributed by atoms with E-state index < -0.39 is 10.0 Å². The highest BCUT2D eigenvalue weighted by Gasteiger charge is 2.36. The van der Waals surface area contributed by atoms with E-state index in [1.165, 1.54) is 0 Å². The molecule has 0 amide bonds. The second-order valence-electron chi connectivity index (χ2n) is 8.81. The number of hydroxylamine groups is 1. The Morgan fingerprint density at radius 3 is 2.27 bits per heavy atom. The smallest absolute Gasteiger partial charge is 0.265 e. The number of rotatable bonds is 12. The number of nitrogens with two attached hydrogens (primary N) is 2. The predicted molar refractivity (Wildman–Crippen MR) is 136 cm³/mol. The third kappa shape index (κ3) is 7.93. The van der Waals surface area contributed by atoms with Gasteiger partial charge in [0.1, 0.15) is 11.4 Å². The molecule has 8 nitrogen and oxygen atoms in total. The fourth-order valence-corrected chi connectivity index (χ4v) is 5.78. The Morgan fingerprint density at radius 1 is 1.00 bits per heavy atom. The molecule has 0 aliphatic carbocycles. The first-order valence-corrected chi connectivity index (χ1v) is 12.5. The lowest BCUT2D eigenvalue weighted by atomic mass is 9.88. The van der Waals surface area contributed by atoms with Gasteiger partial charge in [-0.05, 0) is 102 Å². The lowest BCUT2D eigenvalue weighted by Crippen LogP contribution is -2.36. The van der Waals surface area contributed by atoms with Crippen molar-refractivity contribution in [1.29, 1.82) is 0 Å². The van der Waals surface area contributed by atoms with Gasteiger partial charge in [0, 0.05) is 6.54 Å². The highest BCUT2D eigenvalue weighted by atomic mass is 35.5. The minimum Gasteiger partial charge on any atom is -0.487 e. The second-order valence-corrected chi connectivity index (χ2v) is 10.6. The van der Waals surface area contributed by atoms with Crippen molar-refractivity contribution in [3.05, 3.63) is 22.3 Å². The molecule has 0 atom stereocenters. The standard InChI is InChI=1S/C22H39N3O5S.2ClH/c1-16-17(2)21(18(3)19-10-11-22(4,5)30-20(16)19)31(26,27)25(29-15-9-12-23)13-7-6-8-14-28-24;;/h6-15,23-24H2,1-5H3;2*1H. The molecule has 1 aromatic rings. The molecule has 11 heteroatoms. The summed E-state index contributed by atoms with van der Waals surface area (Å²) < 4.78 is 34.9. The summed E-state index contributed by atoms with van der Waals surface area (Å²) in [6, 6.07) is 0. The second kappa shape index (κ2) is 14.0. The van der Waals surface area contributed by atoms with Crippen molar-refractivity contribution in [3.63, 3.8) is 0 Å². The molecular weight excluding hydrogens is 489 g/mol. The molecule has 0 unspecified atom stereocenters. The Labute approximate surface area is 211 Å². The molecule has 0 spiro atoms. The number of ether oxygens (including phenoxy) is 1. The minimum atomic E-state index is -3.86. The third-order valence-electron chi connectivity index (χ3n) is 5.88. The lowest BCUT2D eigenvalue weighted by Gasteiger charge is -2.36. The molecule has 194 valence electrons. The van der Waals surface area contributed by atoms with E-state index in [2.05, 4.69) is 18.7 Å². The number of hydrogen-bond acceptors (Lipinski definition) is 7. The summed E-state index contributed by atoms with van der Waals surface area (Å²) in [6.07, 6.45) is 4.39. The number of unbranched alkanes of at least 4 members (excludes halogenated alkanes) is 2. The molecule has 33 heavy (non-hydrogen) atoms. The van der Waals surface area contributed by atoms with Crippen LogP contribution in [-0.4, -0.2) is 44.8 Å². The maximum absolute atomic E-state index is 13.7. The summed E-state index contributed by atoms with van der Waals surface area (Å²) >= 11 is 0. The van der Waals surface area contributed by atoms with Crippen molar-refractivity contribution in [2.24, 2.45) is 11.6 Å². The molecule has 1 aromatic carbocycles. The third-order valence-corrected chi connectivity index (χ3v) is 7.83. The highest BCUT2D eigenvalue weighted by molar-refractivity contribution is 7.89. The molecule has 0 bridgehead atoms. The molecule has 0 fully saturated rings. The monoisotopic (exact) mass is 529 g/mol. The number of nitrogens with zero attached hydrogens (tertiary/aromatic N) is 1. The molecule has 1 heterocycles. The van der Waals surface area contributed by atoms with Gasteiger partial charge < -0.3 is 15.3 Å². The minimum absolute atomic E-state index is 0. The van der Waals surface area contributed by atoms with Crippen LogP contribution in [-0.2, 0) is 26.1 Å². The normalized spacial score (nSPS) is 14.8. The van der Waals surface area contributed by atoms with Gasteiger partial charge in [-0.3, -0.25) is 4.84 Å². The van der Waals surface area contributed by atoms with Gasteiger partial charge in [-0.25, -0.2) is 14.3 Å². The molecular formula is C22H41Cl2N3O5S. The van der Waals surface area contributed by atoms with Crippen LogP contribution in [0.3, 0.4) is 0 Å². The average molecular weight is 531 g/mol. The van der Waals surface area contributed by atoms with Crippen molar-refractivity contribution in [3.8, 4) is 5.75 Å². The number of benzene rings is 1. The first-order valence-electron chi connectivity index (χ1n) is 11.1. The fraction of sp³-hybridized carbons (Fsp3) is 0.727. The van der Waals surface area contributed by atoms with E-state index >= 15 is 0 Å². The number of hydrogen-bond donors (Lipinski definition) is 2. The van der Waals surface area contributed by atoms with E-state index in [1.54, 1.807) is 0 Å². The summed E-state index contributed by atoms with van der Waals surface area (Å²) in [4.78, 5) is 10.6. The molecule has 2 rings (SSSR count). The van der Waals surface area contributed by atoms with Gasteiger partial charge in [0.25, 0.3) is 10.0 Å². The SMILES string of the molecule is Cc1c(C)c(S(=O)(=O)N(CCCCCON)OCCCN)c(C)c2c1OC(C)(C)CC2.Cl.Cl. The van der Waals surface area contributed by atoms with Crippen LogP contribution < -0.4 is 16.4 Å². The Morgan fingerprint density at radius 2 is 1.67 bits per heavy atom. The van der Waals surface area contributed by atoms with Crippen molar-refractivity contribution in [2.75, 3.05) is 26.3 Å². The zero-order chi connectivity index (χ0) is 23.2.